The van der Waals surface area contributed by atoms with Crippen molar-refractivity contribution < 1.29 is 8.42 Å². The van der Waals surface area contributed by atoms with Crippen molar-refractivity contribution in [1.82, 2.24) is 4.98 Å². The summed E-state index contributed by atoms with van der Waals surface area (Å²) in [5.74, 6) is 0. The lowest BCUT2D eigenvalue weighted by molar-refractivity contribution is 0.601. The minimum absolute atomic E-state index is 0.0453. The first-order valence-electron chi connectivity index (χ1n) is 5.29. The molecule has 1 aromatic heterocycles. The maximum atomic E-state index is 12.2. The van der Waals surface area contributed by atoms with Crippen molar-refractivity contribution in [2.75, 3.05) is 4.72 Å². The van der Waals surface area contributed by atoms with Gasteiger partial charge in [0.2, 0.25) is 0 Å². The lowest BCUT2D eigenvalue weighted by Gasteiger charge is -2.12. The molecule has 0 amide bonds. The van der Waals surface area contributed by atoms with Crippen molar-refractivity contribution in [3.05, 3.63) is 51.7 Å². The second-order valence-electron chi connectivity index (χ2n) is 3.82. The van der Waals surface area contributed by atoms with Gasteiger partial charge in [-0.1, -0.05) is 33.6 Å². The first-order chi connectivity index (χ1) is 8.92. The van der Waals surface area contributed by atoms with E-state index in [-0.39, 0.29) is 9.92 Å². The molecule has 0 fully saturated rings. The number of rotatable bonds is 3. The SMILES string of the molecule is Cc1c(Br)cccc1NS(=O)(=O)c1cnccc1Cl. The molecule has 0 saturated carbocycles. The number of hydrogen-bond acceptors (Lipinski definition) is 3. The van der Waals surface area contributed by atoms with E-state index in [1.807, 2.05) is 13.0 Å². The fourth-order valence-electron chi connectivity index (χ4n) is 1.48. The highest BCUT2D eigenvalue weighted by molar-refractivity contribution is 9.10. The molecule has 0 spiro atoms. The van der Waals surface area contributed by atoms with Crippen LogP contribution in [0.5, 0.6) is 0 Å². The maximum Gasteiger partial charge on any atom is 0.264 e. The predicted octanol–water partition coefficient (Wildman–Crippen LogP) is 3.61. The Kier molecular flexibility index (Phi) is 4.13. The van der Waals surface area contributed by atoms with Crippen molar-refractivity contribution in [2.24, 2.45) is 0 Å². The van der Waals surface area contributed by atoms with Gasteiger partial charge in [-0.25, -0.2) is 8.42 Å². The van der Waals surface area contributed by atoms with E-state index in [1.54, 1.807) is 12.1 Å². The van der Waals surface area contributed by atoms with Crippen LogP contribution in [-0.2, 0) is 10.0 Å². The largest absolute Gasteiger partial charge is 0.279 e. The smallest absolute Gasteiger partial charge is 0.264 e. The summed E-state index contributed by atoms with van der Waals surface area (Å²) in [5, 5.41) is 0.134. The average molecular weight is 362 g/mol. The monoisotopic (exact) mass is 360 g/mol. The summed E-state index contributed by atoms with van der Waals surface area (Å²) in [6.07, 6.45) is 2.66. The van der Waals surface area contributed by atoms with E-state index in [9.17, 15) is 8.42 Å². The number of benzene rings is 1. The number of nitrogens with one attached hydrogen (secondary N) is 1. The van der Waals surface area contributed by atoms with Gasteiger partial charge in [-0.3, -0.25) is 9.71 Å². The minimum Gasteiger partial charge on any atom is -0.279 e. The Morgan fingerprint density at radius 2 is 2.05 bits per heavy atom. The van der Waals surface area contributed by atoms with E-state index in [4.69, 9.17) is 11.6 Å². The summed E-state index contributed by atoms with van der Waals surface area (Å²) in [6.45, 7) is 1.81. The Morgan fingerprint density at radius 1 is 1.32 bits per heavy atom. The molecule has 1 N–H and O–H groups in total. The molecule has 19 heavy (non-hydrogen) atoms. The van der Waals surface area contributed by atoms with Gasteiger partial charge in [-0.2, -0.15) is 0 Å². The molecule has 0 aliphatic rings. The number of nitrogens with zero attached hydrogens (tertiary/aromatic N) is 1. The number of sulfonamides is 1. The summed E-state index contributed by atoms with van der Waals surface area (Å²) < 4.78 is 27.8. The molecule has 2 aromatic rings. The van der Waals surface area contributed by atoms with Gasteiger partial charge in [0, 0.05) is 16.9 Å². The van der Waals surface area contributed by atoms with Gasteiger partial charge in [0.05, 0.1) is 10.7 Å². The second-order valence-corrected chi connectivity index (χ2v) is 6.74. The van der Waals surface area contributed by atoms with Crippen LogP contribution in [-0.4, -0.2) is 13.4 Å². The first-order valence-corrected chi connectivity index (χ1v) is 7.94. The quantitative estimate of drug-likeness (QED) is 0.908. The Hall–Kier alpha value is -1.11. The minimum atomic E-state index is -3.75. The third-order valence-corrected chi connectivity index (χ3v) is 5.23. The van der Waals surface area contributed by atoms with Crippen molar-refractivity contribution in [3.8, 4) is 0 Å². The van der Waals surface area contributed by atoms with Crippen LogP contribution in [0, 0.1) is 6.92 Å². The summed E-state index contributed by atoms with van der Waals surface area (Å²) in [7, 11) is -3.75. The summed E-state index contributed by atoms with van der Waals surface area (Å²) in [5.41, 5.74) is 1.29. The van der Waals surface area contributed by atoms with Gasteiger partial charge in [0.15, 0.2) is 0 Å². The van der Waals surface area contributed by atoms with Crippen molar-refractivity contribution in [1.29, 1.82) is 0 Å². The molecule has 1 heterocycles. The zero-order chi connectivity index (χ0) is 14.0. The van der Waals surface area contributed by atoms with Crippen LogP contribution in [0.1, 0.15) is 5.56 Å². The van der Waals surface area contributed by atoms with Crippen molar-refractivity contribution in [3.63, 3.8) is 0 Å². The molecule has 0 bridgehead atoms. The molecule has 4 nitrogen and oxygen atoms in total. The van der Waals surface area contributed by atoms with Crippen LogP contribution in [0.4, 0.5) is 5.69 Å². The topological polar surface area (TPSA) is 59.1 Å². The van der Waals surface area contributed by atoms with Gasteiger partial charge >= 0.3 is 0 Å². The first kappa shape index (κ1) is 14.3. The number of anilines is 1. The highest BCUT2D eigenvalue weighted by Gasteiger charge is 2.19. The van der Waals surface area contributed by atoms with Crippen LogP contribution in [0.25, 0.3) is 0 Å². The van der Waals surface area contributed by atoms with Gasteiger partial charge in [-0.05, 0) is 30.7 Å². The molecule has 0 aliphatic carbocycles. The van der Waals surface area contributed by atoms with Crippen LogP contribution in [0.3, 0.4) is 0 Å². The lowest BCUT2D eigenvalue weighted by Crippen LogP contribution is -2.14. The fourth-order valence-corrected chi connectivity index (χ4v) is 3.40. The number of hydrogen-bond donors (Lipinski definition) is 1. The van der Waals surface area contributed by atoms with E-state index < -0.39 is 10.0 Å². The molecular formula is C12H10BrClN2O2S. The van der Waals surface area contributed by atoms with E-state index in [0.29, 0.717) is 5.69 Å². The third-order valence-electron chi connectivity index (χ3n) is 2.54. The molecule has 0 saturated heterocycles. The lowest BCUT2D eigenvalue weighted by atomic mass is 10.2. The number of halogens is 2. The Balaban J connectivity index is 2.43. The predicted molar refractivity (Wildman–Crippen MR) is 78.9 cm³/mol. The molecule has 1 aromatic carbocycles. The van der Waals surface area contributed by atoms with Crippen LogP contribution < -0.4 is 4.72 Å². The standard InChI is InChI=1S/C12H10BrClN2O2S/c1-8-9(13)3-2-4-11(8)16-19(17,18)12-7-15-6-5-10(12)14/h2-7,16H,1H3. The highest BCUT2D eigenvalue weighted by Crippen LogP contribution is 2.27. The van der Waals surface area contributed by atoms with Crippen LogP contribution in [0.2, 0.25) is 5.02 Å². The van der Waals surface area contributed by atoms with Gasteiger partial charge < -0.3 is 0 Å². The normalized spacial score (nSPS) is 11.3. The van der Waals surface area contributed by atoms with Gasteiger partial charge in [0.1, 0.15) is 4.90 Å². The molecule has 0 unspecified atom stereocenters. The summed E-state index contributed by atoms with van der Waals surface area (Å²) in [6, 6.07) is 6.70. The van der Waals surface area contributed by atoms with Gasteiger partial charge in [0.25, 0.3) is 10.0 Å². The summed E-state index contributed by atoms with van der Waals surface area (Å²) in [4.78, 5) is 3.74. The zero-order valence-corrected chi connectivity index (χ0v) is 13.1. The summed E-state index contributed by atoms with van der Waals surface area (Å²) >= 11 is 9.23. The molecule has 0 aliphatic heterocycles. The molecule has 100 valence electrons. The highest BCUT2D eigenvalue weighted by atomic mass is 79.9. The van der Waals surface area contributed by atoms with Gasteiger partial charge in [-0.15, -0.1) is 0 Å². The van der Waals surface area contributed by atoms with Crippen molar-refractivity contribution in [2.45, 2.75) is 11.8 Å². The van der Waals surface area contributed by atoms with E-state index in [0.717, 1.165) is 10.0 Å². The zero-order valence-electron chi connectivity index (χ0n) is 9.89. The second kappa shape index (κ2) is 5.48. The van der Waals surface area contributed by atoms with E-state index in [1.165, 1.54) is 18.5 Å². The number of aromatic nitrogens is 1. The Morgan fingerprint density at radius 3 is 2.74 bits per heavy atom. The maximum absolute atomic E-state index is 12.2. The molecule has 0 atom stereocenters. The van der Waals surface area contributed by atoms with Crippen LogP contribution in [0.15, 0.2) is 46.0 Å². The fraction of sp³-hybridized carbons (Fsp3) is 0.0833. The number of pyridine rings is 1. The van der Waals surface area contributed by atoms with Crippen LogP contribution >= 0.6 is 27.5 Å². The third kappa shape index (κ3) is 3.08. The van der Waals surface area contributed by atoms with E-state index >= 15 is 0 Å². The molecule has 2 rings (SSSR count). The molecular weight excluding hydrogens is 352 g/mol. The molecule has 7 heteroatoms. The average Bonchev–Trinajstić information content (AvgIpc) is 2.35. The molecule has 0 radical (unpaired) electrons. The van der Waals surface area contributed by atoms with Crippen molar-refractivity contribution >= 4 is 43.2 Å². The Labute approximate surface area is 125 Å². The Bertz CT molecular complexity index is 719. The van der Waals surface area contributed by atoms with E-state index in [2.05, 4.69) is 25.6 Å².